The zero-order valence-electron chi connectivity index (χ0n) is 11.7. The third-order valence-electron chi connectivity index (χ3n) is 3.18. The van der Waals surface area contributed by atoms with Gasteiger partial charge in [-0.1, -0.05) is 18.2 Å². The van der Waals surface area contributed by atoms with Crippen LogP contribution in [0.3, 0.4) is 0 Å². The number of rotatable bonds is 5. The summed E-state index contributed by atoms with van der Waals surface area (Å²) in [5.41, 5.74) is 2.36. The lowest BCUT2D eigenvalue weighted by Gasteiger charge is -2.15. The van der Waals surface area contributed by atoms with Crippen molar-refractivity contribution in [3.63, 3.8) is 0 Å². The van der Waals surface area contributed by atoms with E-state index in [2.05, 4.69) is 0 Å². The fraction of sp³-hybridized carbons (Fsp3) is 0.312. The van der Waals surface area contributed by atoms with Crippen LogP contribution in [0.1, 0.15) is 19.4 Å². The summed E-state index contributed by atoms with van der Waals surface area (Å²) in [6.07, 6.45) is 0. The molecule has 0 bridgehead atoms. The quantitative estimate of drug-likeness (QED) is 0.787. The Morgan fingerprint density at radius 2 is 1.90 bits per heavy atom. The molecule has 20 heavy (non-hydrogen) atoms. The van der Waals surface area contributed by atoms with Crippen LogP contribution in [-0.2, 0) is 12.4 Å². The monoisotopic (exact) mass is 291 g/mol. The van der Waals surface area contributed by atoms with Gasteiger partial charge in [-0.2, -0.15) is 0 Å². The van der Waals surface area contributed by atoms with E-state index in [1.165, 1.54) is 0 Å². The molecule has 2 aromatic rings. The summed E-state index contributed by atoms with van der Waals surface area (Å²) in [6.45, 7) is 5.08. The largest absolute Gasteiger partial charge is 0.493 e. The van der Waals surface area contributed by atoms with Crippen molar-refractivity contribution < 1.29 is 4.74 Å². The summed E-state index contributed by atoms with van der Waals surface area (Å²) in [6, 6.07) is 11.5. The molecule has 1 heterocycles. The lowest BCUT2D eigenvalue weighted by molar-refractivity contribution is 0.341. The normalized spacial score (nSPS) is 10.6. The highest BCUT2D eigenvalue weighted by molar-refractivity contribution is 6.17. The molecule has 0 unspecified atom stereocenters. The summed E-state index contributed by atoms with van der Waals surface area (Å²) in [4.78, 5) is 12.3. The molecule has 1 aromatic carbocycles. The van der Waals surface area contributed by atoms with Gasteiger partial charge in [0.15, 0.2) is 0 Å². The highest BCUT2D eigenvalue weighted by Crippen LogP contribution is 2.29. The van der Waals surface area contributed by atoms with Crippen molar-refractivity contribution in [1.82, 2.24) is 4.57 Å². The summed E-state index contributed by atoms with van der Waals surface area (Å²) >= 11 is 5.80. The topological polar surface area (TPSA) is 31.2 Å². The minimum absolute atomic E-state index is 0.0358. The second-order valence-electron chi connectivity index (χ2n) is 4.36. The molecule has 0 aliphatic carbocycles. The van der Waals surface area contributed by atoms with Gasteiger partial charge in [0.25, 0.3) is 5.56 Å². The van der Waals surface area contributed by atoms with Gasteiger partial charge in [-0.3, -0.25) is 4.79 Å². The molecule has 0 fully saturated rings. The Morgan fingerprint density at radius 1 is 1.15 bits per heavy atom. The molecule has 0 radical (unpaired) electrons. The van der Waals surface area contributed by atoms with E-state index in [0.717, 1.165) is 17.0 Å². The Morgan fingerprint density at radius 3 is 2.55 bits per heavy atom. The first-order valence-corrected chi connectivity index (χ1v) is 7.27. The number of nitrogens with zero attached hydrogens (tertiary/aromatic N) is 1. The molecule has 0 saturated heterocycles. The van der Waals surface area contributed by atoms with Crippen LogP contribution in [0.2, 0.25) is 0 Å². The van der Waals surface area contributed by atoms with Crippen molar-refractivity contribution in [1.29, 1.82) is 0 Å². The molecule has 0 spiro atoms. The van der Waals surface area contributed by atoms with E-state index in [4.69, 9.17) is 16.3 Å². The SMILES string of the molecule is CCOc1ccccc1-c1ccc(CCl)c(=O)n1CC. The highest BCUT2D eigenvalue weighted by atomic mass is 35.5. The number of pyridine rings is 1. The second-order valence-corrected chi connectivity index (χ2v) is 4.62. The number of aromatic nitrogens is 1. The van der Waals surface area contributed by atoms with Gasteiger partial charge >= 0.3 is 0 Å². The van der Waals surface area contributed by atoms with Crippen molar-refractivity contribution >= 4 is 11.6 Å². The molecule has 106 valence electrons. The predicted molar refractivity (Wildman–Crippen MR) is 82.5 cm³/mol. The Kier molecular flexibility index (Phi) is 4.85. The highest BCUT2D eigenvalue weighted by Gasteiger charge is 2.12. The average molecular weight is 292 g/mol. The van der Waals surface area contributed by atoms with Crippen LogP contribution in [-0.4, -0.2) is 11.2 Å². The fourth-order valence-electron chi connectivity index (χ4n) is 2.23. The van der Waals surface area contributed by atoms with E-state index in [9.17, 15) is 4.79 Å². The Hall–Kier alpha value is -1.74. The Balaban J connectivity index is 2.64. The van der Waals surface area contributed by atoms with Gasteiger partial charge in [-0.25, -0.2) is 0 Å². The summed E-state index contributed by atoms with van der Waals surface area (Å²) in [7, 11) is 0. The van der Waals surface area contributed by atoms with Crippen LogP contribution in [0.5, 0.6) is 5.75 Å². The molecule has 4 heteroatoms. The third-order valence-corrected chi connectivity index (χ3v) is 3.46. The van der Waals surface area contributed by atoms with Crippen molar-refractivity contribution in [2.75, 3.05) is 6.61 Å². The van der Waals surface area contributed by atoms with Crippen LogP contribution < -0.4 is 10.3 Å². The molecule has 1 aromatic heterocycles. The number of ether oxygens (including phenoxy) is 1. The predicted octanol–water partition coefficient (Wildman–Crippen LogP) is 3.67. The maximum atomic E-state index is 12.3. The molecule has 0 atom stereocenters. The van der Waals surface area contributed by atoms with Crippen molar-refractivity contribution in [2.45, 2.75) is 26.3 Å². The second kappa shape index (κ2) is 6.62. The van der Waals surface area contributed by atoms with Crippen LogP contribution in [0.4, 0.5) is 0 Å². The summed E-state index contributed by atoms with van der Waals surface area (Å²) in [5, 5.41) is 0. The van der Waals surface area contributed by atoms with E-state index < -0.39 is 0 Å². The molecular formula is C16H18ClNO2. The number of hydrogen-bond donors (Lipinski definition) is 0. The smallest absolute Gasteiger partial charge is 0.255 e. The molecule has 0 N–H and O–H groups in total. The minimum atomic E-state index is -0.0358. The van der Waals surface area contributed by atoms with Crippen molar-refractivity contribution in [3.8, 4) is 17.0 Å². The molecule has 0 aliphatic heterocycles. The first-order chi connectivity index (χ1) is 9.72. The van der Waals surface area contributed by atoms with Crippen LogP contribution in [0.15, 0.2) is 41.2 Å². The Labute approximate surface area is 123 Å². The molecule has 2 rings (SSSR count). The molecule has 3 nitrogen and oxygen atoms in total. The van der Waals surface area contributed by atoms with Crippen molar-refractivity contribution in [2.24, 2.45) is 0 Å². The maximum absolute atomic E-state index is 12.3. The minimum Gasteiger partial charge on any atom is -0.493 e. The first kappa shape index (κ1) is 14.7. The van der Waals surface area contributed by atoms with Gasteiger partial charge in [0.2, 0.25) is 0 Å². The van der Waals surface area contributed by atoms with E-state index in [1.807, 2.05) is 44.2 Å². The molecule has 0 amide bonds. The number of halogens is 1. The van der Waals surface area contributed by atoms with E-state index in [0.29, 0.717) is 18.7 Å². The van der Waals surface area contributed by atoms with Gasteiger partial charge in [-0.05, 0) is 32.0 Å². The lowest BCUT2D eigenvalue weighted by atomic mass is 10.1. The number of alkyl halides is 1. The lowest BCUT2D eigenvalue weighted by Crippen LogP contribution is -2.23. The maximum Gasteiger partial charge on any atom is 0.255 e. The molecule has 0 saturated carbocycles. The van der Waals surface area contributed by atoms with Gasteiger partial charge in [0.05, 0.1) is 18.2 Å². The van der Waals surface area contributed by atoms with E-state index in [-0.39, 0.29) is 11.4 Å². The van der Waals surface area contributed by atoms with Crippen LogP contribution in [0, 0.1) is 0 Å². The van der Waals surface area contributed by atoms with Crippen LogP contribution in [0.25, 0.3) is 11.3 Å². The fourth-order valence-corrected chi connectivity index (χ4v) is 2.44. The summed E-state index contributed by atoms with van der Waals surface area (Å²) in [5.74, 6) is 1.02. The summed E-state index contributed by atoms with van der Waals surface area (Å²) < 4.78 is 7.38. The third kappa shape index (κ3) is 2.73. The van der Waals surface area contributed by atoms with Gasteiger partial charge in [0, 0.05) is 17.7 Å². The van der Waals surface area contributed by atoms with Gasteiger partial charge in [-0.15, -0.1) is 11.6 Å². The van der Waals surface area contributed by atoms with Crippen LogP contribution >= 0.6 is 11.6 Å². The molecular weight excluding hydrogens is 274 g/mol. The van der Waals surface area contributed by atoms with Gasteiger partial charge in [0.1, 0.15) is 5.75 Å². The molecule has 0 aliphatic rings. The number of benzene rings is 1. The van der Waals surface area contributed by atoms with E-state index >= 15 is 0 Å². The average Bonchev–Trinajstić information content (AvgIpc) is 2.48. The van der Waals surface area contributed by atoms with Crippen molar-refractivity contribution in [3.05, 3.63) is 52.3 Å². The zero-order valence-corrected chi connectivity index (χ0v) is 12.5. The number of para-hydroxylation sites is 1. The van der Waals surface area contributed by atoms with Gasteiger partial charge < -0.3 is 9.30 Å². The number of hydrogen-bond acceptors (Lipinski definition) is 2. The zero-order chi connectivity index (χ0) is 14.5. The Bertz CT molecular complexity index is 649. The first-order valence-electron chi connectivity index (χ1n) is 6.73. The van der Waals surface area contributed by atoms with E-state index in [1.54, 1.807) is 10.6 Å². The standard InChI is InChI=1S/C16H18ClNO2/c1-3-18-14(10-9-12(11-17)16(18)19)13-7-5-6-8-15(13)20-4-2/h5-10H,3-4,11H2,1-2H3.